The lowest BCUT2D eigenvalue weighted by molar-refractivity contribution is 0.879. The summed E-state index contributed by atoms with van der Waals surface area (Å²) in [6.45, 7) is 0. The minimum absolute atomic E-state index is 0.284. The zero-order chi connectivity index (χ0) is 14.1. The van der Waals surface area contributed by atoms with Crippen molar-refractivity contribution in [3.63, 3.8) is 0 Å². The highest BCUT2D eigenvalue weighted by Gasteiger charge is 2.16. The van der Waals surface area contributed by atoms with E-state index in [4.69, 9.17) is 17.3 Å². The van der Waals surface area contributed by atoms with Crippen LogP contribution < -0.4 is 5.73 Å². The molecule has 1 atom stereocenters. The minimum atomic E-state index is -0.284. The molecule has 2 nitrogen and oxygen atoms in total. The van der Waals surface area contributed by atoms with Crippen LogP contribution in [0.15, 0.2) is 59.2 Å². The largest absolute Gasteiger partial charge is 0.320 e. The topological polar surface area (TPSA) is 38.9 Å². The van der Waals surface area contributed by atoms with E-state index < -0.39 is 0 Å². The maximum atomic E-state index is 6.42. The third-order valence-electron chi connectivity index (χ3n) is 3.33. The zero-order valence-corrected chi connectivity index (χ0v) is 12.9. The molecule has 1 heterocycles. The molecule has 0 bridgehead atoms. The summed E-state index contributed by atoms with van der Waals surface area (Å²) in [5.74, 6) is 0. The molecule has 4 heteroatoms. The smallest absolute Gasteiger partial charge is 0.0705 e. The fourth-order valence-corrected chi connectivity index (χ4v) is 2.95. The number of halogens is 2. The van der Waals surface area contributed by atoms with Crippen molar-refractivity contribution < 1.29 is 0 Å². The summed E-state index contributed by atoms with van der Waals surface area (Å²) in [4.78, 5) is 4.36. The number of aromatic nitrogens is 1. The van der Waals surface area contributed by atoms with Crippen molar-refractivity contribution in [2.24, 2.45) is 5.73 Å². The molecule has 100 valence electrons. The van der Waals surface area contributed by atoms with Crippen LogP contribution >= 0.6 is 27.5 Å². The summed E-state index contributed by atoms with van der Waals surface area (Å²) < 4.78 is 0.852. The fourth-order valence-electron chi connectivity index (χ4n) is 2.33. The highest BCUT2D eigenvalue weighted by molar-refractivity contribution is 9.10. The van der Waals surface area contributed by atoms with E-state index in [1.54, 1.807) is 6.20 Å². The number of fused-ring (bicyclic) bond motifs is 1. The van der Waals surface area contributed by atoms with Gasteiger partial charge in [-0.1, -0.05) is 41.9 Å². The van der Waals surface area contributed by atoms with E-state index in [0.717, 1.165) is 26.5 Å². The van der Waals surface area contributed by atoms with Gasteiger partial charge in [-0.3, -0.25) is 4.98 Å². The molecule has 0 saturated carbocycles. The van der Waals surface area contributed by atoms with Crippen LogP contribution in [0.3, 0.4) is 0 Å². The molecule has 0 aliphatic carbocycles. The van der Waals surface area contributed by atoms with E-state index in [2.05, 4.69) is 20.9 Å². The summed E-state index contributed by atoms with van der Waals surface area (Å²) in [5, 5.41) is 1.71. The number of hydrogen-bond donors (Lipinski definition) is 1. The predicted molar refractivity (Wildman–Crippen MR) is 86.9 cm³/mol. The van der Waals surface area contributed by atoms with E-state index in [0.29, 0.717) is 5.02 Å². The second kappa shape index (κ2) is 5.52. The summed E-state index contributed by atoms with van der Waals surface area (Å²) in [5.41, 5.74) is 9.28. The van der Waals surface area contributed by atoms with Crippen LogP contribution in [0.25, 0.3) is 10.9 Å². The van der Waals surface area contributed by atoms with Crippen molar-refractivity contribution in [3.8, 4) is 0 Å². The number of benzene rings is 2. The number of rotatable bonds is 2. The molecular weight excluding hydrogens is 336 g/mol. The van der Waals surface area contributed by atoms with Gasteiger partial charge in [-0.2, -0.15) is 0 Å². The fraction of sp³-hybridized carbons (Fsp3) is 0.0625. The van der Waals surface area contributed by atoms with Gasteiger partial charge in [0.15, 0.2) is 0 Å². The van der Waals surface area contributed by atoms with Gasteiger partial charge in [0, 0.05) is 16.1 Å². The molecule has 0 saturated heterocycles. The Morgan fingerprint density at radius 1 is 1.00 bits per heavy atom. The molecular formula is C16H12BrClN2. The monoisotopic (exact) mass is 346 g/mol. The third-order valence-corrected chi connectivity index (χ3v) is 4.64. The predicted octanol–water partition coefficient (Wildman–Crippen LogP) is 4.70. The van der Waals surface area contributed by atoms with Gasteiger partial charge < -0.3 is 5.73 Å². The number of nitrogens with zero attached hydrogens (tertiary/aromatic N) is 1. The molecule has 0 aliphatic rings. The van der Waals surface area contributed by atoms with E-state index in [-0.39, 0.29) is 6.04 Å². The lowest BCUT2D eigenvalue weighted by Gasteiger charge is -2.17. The first-order valence-corrected chi connectivity index (χ1v) is 7.38. The Balaban J connectivity index is 2.18. The summed E-state index contributed by atoms with van der Waals surface area (Å²) in [6.07, 6.45) is 1.78. The second-order valence-electron chi connectivity index (χ2n) is 4.54. The SMILES string of the molecule is NC(c1cccc(Br)c1Cl)c1cccc2ncccc12. The number of pyridine rings is 1. The Morgan fingerprint density at radius 2 is 1.75 bits per heavy atom. The minimum Gasteiger partial charge on any atom is -0.320 e. The standard InChI is InChI=1S/C16H12BrClN2/c17-13-7-1-5-12(15(13)18)16(19)11-4-2-8-14-10(11)6-3-9-20-14/h1-9,16H,19H2. The number of hydrogen-bond acceptors (Lipinski definition) is 2. The molecule has 0 radical (unpaired) electrons. The Labute approximate surface area is 130 Å². The van der Waals surface area contributed by atoms with Crippen LogP contribution in [0.2, 0.25) is 5.02 Å². The number of nitrogens with two attached hydrogens (primary N) is 1. The Morgan fingerprint density at radius 3 is 2.60 bits per heavy atom. The maximum absolute atomic E-state index is 6.42. The molecule has 0 aliphatic heterocycles. The van der Waals surface area contributed by atoms with Gasteiger partial charge >= 0.3 is 0 Å². The quantitative estimate of drug-likeness (QED) is 0.730. The second-order valence-corrected chi connectivity index (χ2v) is 5.77. The molecule has 2 aromatic carbocycles. The van der Waals surface area contributed by atoms with Gasteiger partial charge in [-0.05, 0) is 45.3 Å². The maximum Gasteiger partial charge on any atom is 0.0705 e. The molecule has 0 amide bonds. The van der Waals surface area contributed by atoms with E-state index in [1.165, 1.54) is 0 Å². The van der Waals surface area contributed by atoms with Gasteiger partial charge in [-0.15, -0.1) is 0 Å². The highest BCUT2D eigenvalue weighted by atomic mass is 79.9. The zero-order valence-electron chi connectivity index (χ0n) is 10.6. The van der Waals surface area contributed by atoms with E-state index in [9.17, 15) is 0 Å². The molecule has 1 aromatic heterocycles. The van der Waals surface area contributed by atoms with Crippen molar-refractivity contribution in [1.82, 2.24) is 4.98 Å². The first kappa shape index (κ1) is 13.6. The van der Waals surface area contributed by atoms with Crippen LogP contribution in [0.4, 0.5) is 0 Å². The molecule has 3 aromatic rings. The summed E-state index contributed by atoms with van der Waals surface area (Å²) in [6, 6.07) is 15.4. The van der Waals surface area contributed by atoms with Crippen molar-refractivity contribution in [2.45, 2.75) is 6.04 Å². The first-order valence-electron chi connectivity index (χ1n) is 6.21. The lowest BCUT2D eigenvalue weighted by atomic mass is 9.96. The molecule has 0 spiro atoms. The Bertz CT molecular complexity index is 768. The molecule has 2 N–H and O–H groups in total. The van der Waals surface area contributed by atoms with Crippen molar-refractivity contribution in [1.29, 1.82) is 0 Å². The van der Waals surface area contributed by atoms with Gasteiger partial charge in [0.05, 0.1) is 16.6 Å². The van der Waals surface area contributed by atoms with Gasteiger partial charge in [0.25, 0.3) is 0 Å². The third kappa shape index (κ3) is 2.33. The van der Waals surface area contributed by atoms with Crippen LogP contribution in [-0.2, 0) is 0 Å². The van der Waals surface area contributed by atoms with Gasteiger partial charge in [-0.25, -0.2) is 0 Å². The average Bonchev–Trinajstić information content (AvgIpc) is 2.49. The van der Waals surface area contributed by atoms with Crippen LogP contribution in [0, 0.1) is 0 Å². The molecule has 3 rings (SSSR count). The van der Waals surface area contributed by atoms with Crippen molar-refractivity contribution >= 4 is 38.4 Å². The van der Waals surface area contributed by atoms with Crippen LogP contribution in [0.1, 0.15) is 17.2 Å². The van der Waals surface area contributed by atoms with Crippen molar-refractivity contribution in [2.75, 3.05) is 0 Å². The highest BCUT2D eigenvalue weighted by Crippen LogP contribution is 2.34. The molecule has 0 fully saturated rings. The Hall–Kier alpha value is -1.42. The average molecular weight is 348 g/mol. The van der Waals surface area contributed by atoms with E-state index in [1.807, 2.05) is 48.5 Å². The Kier molecular flexibility index (Phi) is 3.74. The molecule has 20 heavy (non-hydrogen) atoms. The molecule has 1 unspecified atom stereocenters. The van der Waals surface area contributed by atoms with Gasteiger partial charge in [0.2, 0.25) is 0 Å². The van der Waals surface area contributed by atoms with Gasteiger partial charge in [0.1, 0.15) is 0 Å². The van der Waals surface area contributed by atoms with Crippen LogP contribution in [-0.4, -0.2) is 4.98 Å². The van der Waals surface area contributed by atoms with Crippen molar-refractivity contribution in [3.05, 3.63) is 75.4 Å². The summed E-state index contributed by atoms with van der Waals surface area (Å²) in [7, 11) is 0. The van der Waals surface area contributed by atoms with Crippen LogP contribution in [0.5, 0.6) is 0 Å². The van der Waals surface area contributed by atoms with E-state index >= 15 is 0 Å². The summed E-state index contributed by atoms with van der Waals surface area (Å²) >= 11 is 9.78. The first-order chi connectivity index (χ1) is 9.68. The lowest BCUT2D eigenvalue weighted by Crippen LogP contribution is -2.13. The normalized spacial score (nSPS) is 12.6.